The molecule has 206 valence electrons. The average molecular weight is 525 g/mol. The van der Waals surface area contributed by atoms with E-state index in [0.29, 0.717) is 69.4 Å². The first-order valence-electron chi connectivity index (χ1n) is 11.9. The molecule has 0 aromatic heterocycles. The number of carboxylic acids is 3. The summed E-state index contributed by atoms with van der Waals surface area (Å²) in [7, 11) is 2.97. The van der Waals surface area contributed by atoms with Crippen LogP contribution in [0.25, 0.3) is 0 Å². The molecule has 1 saturated heterocycles. The van der Waals surface area contributed by atoms with Crippen molar-refractivity contribution in [3.8, 4) is 11.5 Å². The molecular weight excluding hydrogens is 488 g/mol. The number of rotatable bonds is 11. The maximum atomic E-state index is 13.2. The fourth-order valence-corrected chi connectivity index (χ4v) is 4.11. The number of benzene rings is 1. The van der Waals surface area contributed by atoms with Crippen LogP contribution in [0.5, 0.6) is 11.5 Å². The number of carbonyl (C=O) groups is 4. The normalized spacial score (nSPS) is 17.4. The molecule has 0 aliphatic carbocycles. The van der Waals surface area contributed by atoms with Gasteiger partial charge in [0.15, 0.2) is 5.78 Å². The van der Waals surface area contributed by atoms with E-state index in [0.717, 1.165) is 0 Å². The molecule has 0 radical (unpaired) electrons. The van der Waals surface area contributed by atoms with E-state index in [1.807, 2.05) is 4.90 Å². The van der Waals surface area contributed by atoms with Gasteiger partial charge in [0.05, 0.1) is 46.0 Å². The molecule has 0 bridgehead atoms. The number of ether oxygens (including phenoxy) is 2. The minimum absolute atomic E-state index is 0.0104. The lowest BCUT2D eigenvalue weighted by Crippen LogP contribution is -2.49. The molecule has 1 heterocycles. The molecule has 0 saturated carbocycles. The smallest absolute Gasteiger partial charge is 0.317 e. The van der Waals surface area contributed by atoms with E-state index in [1.54, 1.807) is 32.9 Å². The Kier molecular flexibility index (Phi) is 12.2. The summed E-state index contributed by atoms with van der Waals surface area (Å²) >= 11 is 0. The van der Waals surface area contributed by atoms with E-state index < -0.39 is 17.9 Å². The second-order valence-electron chi connectivity index (χ2n) is 8.78. The van der Waals surface area contributed by atoms with Gasteiger partial charge in [0.25, 0.3) is 0 Å². The molecule has 1 aromatic carbocycles. The van der Waals surface area contributed by atoms with E-state index in [-0.39, 0.29) is 32.0 Å². The SMILES string of the molecule is COc1ccc(OC)c(C(=O)CN2CCN(CC(=O)O)CCN(CC(=O)O)CCN(CC(=O)O)CC2)c1. The van der Waals surface area contributed by atoms with E-state index >= 15 is 0 Å². The lowest BCUT2D eigenvalue weighted by atomic mass is 10.1. The van der Waals surface area contributed by atoms with Crippen molar-refractivity contribution < 1.29 is 44.0 Å². The number of carbonyl (C=O) groups excluding carboxylic acids is 1. The Morgan fingerprint density at radius 1 is 0.649 bits per heavy atom. The summed E-state index contributed by atoms with van der Waals surface area (Å²) in [6.07, 6.45) is 0. The highest BCUT2D eigenvalue weighted by Gasteiger charge is 2.22. The van der Waals surface area contributed by atoms with Crippen molar-refractivity contribution in [1.82, 2.24) is 19.6 Å². The number of carboxylic acid groups (broad SMARTS) is 3. The fourth-order valence-electron chi connectivity index (χ4n) is 4.11. The summed E-state index contributed by atoms with van der Waals surface area (Å²) < 4.78 is 10.6. The number of Topliss-reactive ketones (excluding diaryl/α,β-unsaturated/α-hetero) is 1. The van der Waals surface area contributed by atoms with Crippen LogP contribution in [0, 0.1) is 0 Å². The molecule has 0 unspecified atom stereocenters. The van der Waals surface area contributed by atoms with Crippen LogP contribution in [-0.4, -0.2) is 151 Å². The highest BCUT2D eigenvalue weighted by molar-refractivity contribution is 6.00. The van der Waals surface area contributed by atoms with Gasteiger partial charge in [-0.15, -0.1) is 0 Å². The maximum absolute atomic E-state index is 13.2. The number of ketones is 1. The topological polar surface area (TPSA) is 160 Å². The first-order valence-corrected chi connectivity index (χ1v) is 11.9. The summed E-state index contributed by atoms with van der Waals surface area (Å²) in [6.45, 7) is 1.92. The van der Waals surface area contributed by atoms with Crippen LogP contribution >= 0.6 is 0 Å². The number of aliphatic carboxylic acids is 3. The Morgan fingerprint density at radius 3 is 1.35 bits per heavy atom. The predicted molar refractivity (Wildman–Crippen MR) is 133 cm³/mol. The van der Waals surface area contributed by atoms with Gasteiger partial charge >= 0.3 is 17.9 Å². The molecule has 37 heavy (non-hydrogen) atoms. The first kappa shape index (κ1) is 30.0. The van der Waals surface area contributed by atoms with Gasteiger partial charge in [-0.25, -0.2) is 0 Å². The summed E-state index contributed by atoms with van der Waals surface area (Å²) in [4.78, 5) is 54.3. The molecular formula is C24H36N4O9. The zero-order valence-electron chi connectivity index (χ0n) is 21.3. The van der Waals surface area contributed by atoms with E-state index in [4.69, 9.17) is 9.47 Å². The maximum Gasteiger partial charge on any atom is 0.317 e. The summed E-state index contributed by atoms with van der Waals surface area (Å²) in [5, 5.41) is 27.9. The van der Waals surface area contributed by atoms with Gasteiger partial charge in [-0.05, 0) is 18.2 Å². The Bertz CT molecular complexity index is 911. The van der Waals surface area contributed by atoms with Crippen molar-refractivity contribution >= 4 is 23.7 Å². The van der Waals surface area contributed by atoms with Crippen LogP contribution < -0.4 is 9.47 Å². The number of methoxy groups -OCH3 is 2. The van der Waals surface area contributed by atoms with Crippen molar-refractivity contribution in [2.75, 3.05) is 92.8 Å². The van der Waals surface area contributed by atoms with E-state index in [9.17, 15) is 34.5 Å². The monoisotopic (exact) mass is 524 g/mol. The summed E-state index contributed by atoms with van der Waals surface area (Å²) in [5.74, 6) is -2.34. The van der Waals surface area contributed by atoms with Crippen molar-refractivity contribution in [2.24, 2.45) is 0 Å². The average Bonchev–Trinajstić information content (AvgIpc) is 2.84. The molecule has 0 amide bonds. The Balaban J connectivity index is 2.24. The molecule has 1 aliphatic heterocycles. The van der Waals surface area contributed by atoms with Gasteiger partial charge in [0.2, 0.25) is 0 Å². The first-order chi connectivity index (χ1) is 17.6. The summed E-state index contributed by atoms with van der Waals surface area (Å²) in [5.41, 5.74) is 0.349. The van der Waals surface area contributed by atoms with Crippen molar-refractivity contribution in [3.63, 3.8) is 0 Å². The fraction of sp³-hybridized carbons (Fsp3) is 0.583. The number of nitrogens with zero attached hydrogens (tertiary/aromatic N) is 4. The van der Waals surface area contributed by atoms with Gasteiger partial charge in [0, 0.05) is 52.4 Å². The molecule has 0 spiro atoms. The van der Waals surface area contributed by atoms with Gasteiger partial charge in [-0.1, -0.05) is 0 Å². The van der Waals surface area contributed by atoms with E-state index in [1.165, 1.54) is 14.2 Å². The number of hydrogen-bond acceptors (Lipinski definition) is 10. The van der Waals surface area contributed by atoms with Gasteiger partial charge in [-0.3, -0.25) is 38.8 Å². The molecule has 2 rings (SSSR count). The summed E-state index contributed by atoms with van der Waals surface area (Å²) in [6, 6.07) is 4.93. The predicted octanol–water partition coefficient (Wildman–Crippen LogP) is -0.638. The highest BCUT2D eigenvalue weighted by atomic mass is 16.5. The quantitative estimate of drug-likeness (QED) is 0.314. The zero-order valence-corrected chi connectivity index (χ0v) is 21.3. The Morgan fingerprint density at radius 2 is 1.03 bits per heavy atom. The van der Waals surface area contributed by atoms with Crippen LogP contribution in [0.4, 0.5) is 0 Å². The third-order valence-corrected chi connectivity index (χ3v) is 6.08. The van der Waals surface area contributed by atoms with Crippen molar-refractivity contribution in [2.45, 2.75) is 0 Å². The van der Waals surface area contributed by atoms with Crippen LogP contribution in [0.3, 0.4) is 0 Å². The van der Waals surface area contributed by atoms with Gasteiger partial charge in [0.1, 0.15) is 11.5 Å². The molecule has 13 heteroatoms. The Labute approximate surface area is 215 Å². The molecule has 13 nitrogen and oxygen atoms in total. The van der Waals surface area contributed by atoms with E-state index in [2.05, 4.69) is 0 Å². The number of hydrogen-bond donors (Lipinski definition) is 3. The molecule has 1 aromatic rings. The molecule has 1 aliphatic rings. The standard InChI is InChI=1S/C24H36N4O9/c1-36-18-3-4-21(37-2)19(13-18)20(29)14-25-5-7-26(15-22(30)31)9-11-28(17-24(34)35)12-10-27(8-6-25)16-23(32)33/h3-4,13H,5-12,14-17H2,1-2H3,(H,30,31)(H,32,33)(H,34,35). The minimum atomic E-state index is -1.01. The van der Waals surface area contributed by atoms with Crippen LogP contribution in [-0.2, 0) is 14.4 Å². The third kappa shape index (κ3) is 10.7. The second kappa shape index (κ2) is 15.1. The van der Waals surface area contributed by atoms with Crippen LogP contribution in [0.15, 0.2) is 18.2 Å². The van der Waals surface area contributed by atoms with Crippen molar-refractivity contribution in [1.29, 1.82) is 0 Å². The lowest BCUT2D eigenvalue weighted by molar-refractivity contribution is -0.140. The second-order valence-corrected chi connectivity index (χ2v) is 8.78. The lowest BCUT2D eigenvalue weighted by Gasteiger charge is -2.32. The van der Waals surface area contributed by atoms with Gasteiger partial charge < -0.3 is 24.8 Å². The van der Waals surface area contributed by atoms with Gasteiger partial charge in [-0.2, -0.15) is 0 Å². The minimum Gasteiger partial charge on any atom is -0.497 e. The van der Waals surface area contributed by atoms with Crippen LogP contribution in [0.1, 0.15) is 10.4 Å². The molecule has 3 N–H and O–H groups in total. The molecule has 0 atom stereocenters. The van der Waals surface area contributed by atoms with Crippen LogP contribution in [0.2, 0.25) is 0 Å². The van der Waals surface area contributed by atoms with Crippen molar-refractivity contribution in [3.05, 3.63) is 23.8 Å². The largest absolute Gasteiger partial charge is 0.497 e. The third-order valence-electron chi connectivity index (χ3n) is 6.08. The Hall–Kier alpha value is -3.26. The zero-order chi connectivity index (χ0) is 27.4. The molecule has 1 fully saturated rings. The highest BCUT2D eigenvalue weighted by Crippen LogP contribution is 2.24.